The third-order valence-electron chi connectivity index (χ3n) is 2.60. The van der Waals surface area contributed by atoms with Gasteiger partial charge in [-0.3, -0.25) is 4.21 Å². The van der Waals surface area contributed by atoms with Gasteiger partial charge in [0.1, 0.15) is 15.6 Å². The molecule has 0 aliphatic carbocycles. The highest BCUT2D eigenvalue weighted by Gasteiger charge is 2.06. The minimum absolute atomic E-state index is 0.0288. The zero-order valence-electron chi connectivity index (χ0n) is 11.6. The summed E-state index contributed by atoms with van der Waals surface area (Å²) in [5, 5.41) is 0. The van der Waals surface area contributed by atoms with Gasteiger partial charge in [-0.25, -0.2) is 8.42 Å². The Kier molecular flexibility index (Phi) is 7.18. The molecular weight excluding hydrogens is 298 g/mol. The van der Waals surface area contributed by atoms with Gasteiger partial charge in [0.05, 0.1) is 12.4 Å². The standard InChI is InChI=1S/C13H21NO4S2/c1-20(16,17)9-8-19(15)7-3-6-18-13-5-2-4-12(10-13)11-14/h2,4-5,10H,3,6-9,11,14H2,1H3. The van der Waals surface area contributed by atoms with E-state index in [1.54, 1.807) is 0 Å². The van der Waals surface area contributed by atoms with E-state index < -0.39 is 20.6 Å². The summed E-state index contributed by atoms with van der Waals surface area (Å²) in [7, 11) is -4.15. The third kappa shape index (κ3) is 7.62. The van der Waals surface area contributed by atoms with Crippen LogP contribution in [0.4, 0.5) is 0 Å². The zero-order chi connectivity index (χ0) is 15.0. The minimum Gasteiger partial charge on any atom is -0.494 e. The van der Waals surface area contributed by atoms with Crippen molar-refractivity contribution < 1.29 is 17.4 Å². The Morgan fingerprint density at radius 3 is 2.70 bits per heavy atom. The number of hydrogen-bond acceptors (Lipinski definition) is 5. The lowest BCUT2D eigenvalue weighted by Gasteiger charge is -2.07. The second-order valence-electron chi connectivity index (χ2n) is 4.53. The SMILES string of the molecule is CS(=O)(=O)CCS(=O)CCCOc1cccc(CN)c1. The van der Waals surface area contributed by atoms with Gasteiger partial charge in [-0.2, -0.15) is 0 Å². The molecule has 114 valence electrons. The van der Waals surface area contributed by atoms with Crippen molar-refractivity contribution in [2.45, 2.75) is 13.0 Å². The van der Waals surface area contributed by atoms with Gasteiger partial charge in [0.15, 0.2) is 0 Å². The fourth-order valence-electron chi connectivity index (χ4n) is 1.52. The number of ether oxygens (including phenoxy) is 1. The Morgan fingerprint density at radius 2 is 2.05 bits per heavy atom. The summed E-state index contributed by atoms with van der Waals surface area (Å²) >= 11 is 0. The van der Waals surface area contributed by atoms with Crippen LogP contribution in [0.2, 0.25) is 0 Å². The number of benzene rings is 1. The van der Waals surface area contributed by atoms with Crippen molar-refractivity contribution in [3.05, 3.63) is 29.8 Å². The summed E-state index contributed by atoms with van der Waals surface area (Å²) in [4.78, 5) is 0. The van der Waals surface area contributed by atoms with E-state index in [-0.39, 0.29) is 11.5 Å². The van der Waals surface area contributed by atoms with Gasteiger partial charge in [0, 0.05) is 35.1 Å². The molecule has 7 heteroatoms. The van der Waals surface area contributed by atoms with E-state index in [1.807, 2.05) is 24.3 Å². The van der Waals surface area contributed by atoms with Gasteiger partial charge < -0.3 is 10.5 Å². The van der Waals surface area contributed by atoms with E-state index in [9.17, 15) is 12.6 Å². The fraction of sp³-hybridized carbons (Fsp3) is 0.538. The highest BCUT2D eigenvalue weighted by molar-refractivity contribution is 7.92. The second-order valence-corrected chi connectivity index (χ2v) is 8.49. The van der Waals surface area contributed by atoms with Crippen LogP contribution in [-0.2, 0) is 27.2 Å². The Balaban J connectivity index is 2.22. The average molecular weight is 319 g/mol. The third-order valence-corrected chi connectivity index (χ3v) is 5.21. The summed E-state index contributed by atoms with van der Waals surface area (Å²) in [5.74, 6) is 1.36. The summed E-state index contributed by atoms with van der Waals surface area (Å²) in [6, 6.07) is 7.52. The van der Waals surface area contributed by atoms with Crippen molar-refractivity contribution in [1.82, 2.24) is 0 Å². The van der Waals surface area contributed by atoms with Gasteiger partial charge in [-0.05, 0) is 24.1 Å². The van der Waals surface area contributed by atoms with Gasteiger partial charge >= 0.3 is 0 Å². The topological polar surface area (TPSA) is 86.5 Å². The number of hydrogen-bond donors (Lipinski definition) is 1. The van der Waals surface area contributed by atoms with Crippen LogP contribution in [0, 0.1) is 0 Å². The molecule has 1 unspecified atom stereocenters. The molecule has 1 aromatic carbocycles. The van der Waals surface area contributed by atoms with Crippen LogP contribution in [0.25, 0.3) is 0 Å². The molecule has 1 atom stereocenters. The first kappa shape index (κ1) is 17.1. The number of nitrogens with two attached hydrogens (primary N) is 1. The molecule has 0 aliphatic rings. The normalized spacial score (nSPS) is 13.1. The number of sulfone groups is 1. The molecule has 0 fully saturated rings. The van der Waals surface area contributed by atoms with E-state index in [0.717, 1.165) is 17.6 Å². The van der Waals surface area contributed by atoms with Gasteiger partial charge in [0.2, 0.25) is 0 Å². The molecule has 0 saturated heterocycles. The van der Waals surface area contributed by atoms with Crippen molar-refractivity contribution >= 4 is 20.6 Å². The quantitative estimate of drug-likeness (QED) is 0.677. The lowest BCUT2D eigenvalue weighted by molar-refractivity contribution is 0.318. The maximum Gasteiger partial charge on any atom is 0.148 e. The van der Waals surface area contributed by atoms with Crippen LogP contribution in [0.5, 0.6) is 5.75 Å². The summed E-state index contributed by atoms with van der Waals surface area (Å²) < 4.78 is 39.0. The Morgan fingerprint density at radius 1 is 1.30 bits per heavy atom. The van der Waals surface area contributed by atoms with E-state index in [0.29, 0.717) is 25.3 Å². The predicted molar refractivity (Wildman–Crippen MR) is 82.0 cm³/mol. The monoisotopic (exact) mass is 319 g/mol. The van der Waals surface area contributed by atoms with Gasteiger partial charge in [-0.1, -0.05) is 12.1 Å². The highest BCUT2D eigenvalue weighted by atomic mass is 32.2. The molecule has 1 aromatic rings. The molecule has 0 aliphatic heterocycles. The Labute approximate surface area is 122 Å². The first-order chi connectivity index (χ1) is 9.40. The summed E-state index contributed by atoms with van der Waals surface area (Å²) in [6.07, 6.45) is 1.78. The smallest absolute Gasteiger partial charge is 0.148 e. The van der Waals surface area contributed by atoms with Crippen LogP contribution in [-0.4, -0.2) is 42.7 Å². The van der Waals surface area contributed by atoms with E-state index >= 15 is 0 Å². The minimum atomic E-state index is -3.04. The van der Waals surface area contributed by atoms with Gasteiger partial charge in [0.25, 0.3) is 0 Å². The van der Waals surface area contributed by atoms with Crippen molar-refractivity contribution in [2.24, 2.45) is 5.73 Å². The molecule has 2 N–H and O–H groups in total. The maximum atomic E-state index is 11.6. The van der Waals surface area contributed by atoms with Crippen LogP contribution < -0.4 is 10.5 Å². The van der Waals surface area contributed by atoms with Crippen LogP contribution in [0.3, 0.4) is 0 Å². The molecule has 1 rings (SSSR count). The van der Waals surface area contributed by atoms with E-state index in [2.05, 4.69) is 0 Å². The number of rotatable bonds is 9. The summed E-state index contributed by atoms with van der Waals surface area (Å²) in [6.45, 7) is 0.922. The van der Waals surface area contributed by atoms with E-state index in [1.165, 1.54) is 0 Å². The first-order valence-electron chi connectivity index (χ1n) is 6.35. The van der Waals surface area contributed by atoms with Crippen LogP contribution in [0.15, 0.2) is 24.3 Å². The fourth-order valence-corrected chi connectivity index (χ4v) is 4.12. The largest absolute Gasteiger partial charge is 0.494 e. The van der Waals surface area contributed by atoms with Gasteiger partial charge in [-0.15, -0.1) is 0 Å². The maximum absolute atomic E-state index is 11.6. The molecule has 0 amide bonds. The molecule has 0 radical (unpaired) electrons. The molecule has 0 spiro atoms. The Hall–Kier alpha value is -0.920. The zero-order valence-corrected chi connectivity index (χ0v) is 13.2. The molecule has 0 heterocycles. The Bertz CT molecular complexity index is 543. The van der Waals surface area contributed by atoms with Crippen molar-refractivity contribution in [3.8, 4) is 5.75 Å². The highest BCUT2D eigenvalue weighted by Crippen LogP contribution is 2.13. The predicted octanol–water partition coefficient (Wildman–Crippen LogP) is 0.707. The van der Waals surface area contributed by atoms with E-state index in [4.69, 9.17) is 10.5 Å². The van der Waals surface area contributed by atoms with Crippen molar-refractivity contribution in [2.75, 3.05) is 30.1 Å². The molecule has 0 bridgehead atoms. The van der Waals surface area contributed by atoms with Crippen molar-refractivity contribution in [1.29, 1.82) is 0 Å². The molecule has 0 aromatic heterocycles. The summed E-state index contributed by atoms with van der Waals surface area (Å²) in [5.41, 5.74) is 6.54. The lowest BCUT2D eigenvalue weighted by atomic mass is 10.2. The average Bonchev–Trinajstić information content (AvgIpc) is 2.41. The van der Waals surface area contributed by atoms with Crippen LogP contribution in [0.1, 0.15) is 12.0 Å². The van der Waals surface area contributed by atoms with Crippen LogP contribution >= 0.6 is 0 Å². The molecule has 0 saturated carbocycles. The van der Waals surface area contributed by atoms with Crippen molar-refractivity contribution in [3.63, 3.8) is 0 Å². The first-order valence-corrected chi connectivity index (χ1v) is 9.90. The molecule has 5 nitrogen and oxygen atoms in total. The lowest BCUT2D eigenvalue weighted by Crippen LogP contribution is -2.14. The molecular formula is C13H21NO4S2. The second kappa shape index (κ2) is 8.39. The molecule has 20 heavy (non-hydrogen) atoms.